The highest BCUT2D eigenvalue weighted by Crippen LogP contribution is 2.38. The maximum Gasteiger partial charge on any atom is 0.303 e. The van der Waals surface area contributed by atoms with E-state index < -0.39 is 5.97 Å². The Morgan fingerprint density at radius 3 is 2.69 bits per heavy atom. The van der Waals surface area contributed by atoms with Crippen LogP contribution in [0.4, 0.5) is 0 Å². The minimum Gasteiger partial charge on any atom is -0.504 e. The molecule has 0 fully saturated rings. The molecule has 0 aliphatic carbocycles. The Bertz CT molecular complexity index is 415. The second kappa shape index (κ2) is 5.21. The summed E-state index contributed by atoms with van der Waals surface area (Å²) in [5, 5.41) is 18.5. The van der Waals surface area contributed by atoms with E-state index in [2.05, 4.69) is 15.9 Å². The summed E-state index contributed by atoms with van der Waals surface area (Å²) in [4.78, 5) is 10.5. The molecule has 4 nitrogen and oxygen atoms in total. The number of carboxylic acid groups (broad SMARTS) is 1. The van der Waals surface area contributed by atoms with Gasteiger partial charge in [0.2, 0.25) is 0 Å². The first kappa shape index (κ1) is 12.8. The Morgan fingerprint density at radius 2 is 2.19 bits per heavy atom. The molecule has 0 atom stereocenters. The molecule has 5 heteroatoms. The molecule has 0 heterocycles. The first-order valence-electron chi connectivity index (χ1n) is 4.74. The normalized spacial score (nSPS) is 10.2. The van der Waals surface area contributed by atoms with Gasteiger partial charge in [-0.05, 0) is 25.0 Å². The zero-order chi connectivity index (χ0) is 12.3. The molecule has 0 aromatic heterocycles. The number of ether oxygens (including phenoxy) is 1. The fourth-order valence-corrected chi connectivity index (χ4v) is 1.90. The molecule has 0 amide bonds. The summed E-state index contributed by atoms with van der Waals surface area (Å²) in [5.41, 5.74) is 1.36. The van der Waals surface area contributed by atoms with Crippen LogP contribution in [0.2, 0.25) is 0 Å². The van der Waals surface area contributed by atoms with Gasteiger partial charge in [0.1, 0.15) is 0 Å². The van der Waals surface area contributed by atoms with E-state index in [4.69, 9.17) is 9.84 Å². The molecule has 0 saturated heterocycles. The van der Waals surface area contributed by atoms with Gasteiger partial charge < -0.3 is 14.9 Å². The molecule has 0 spiro atoms. The number of phenols is 1. The molecule has 1 rings (SSSR count). The van der Waals surface area contributed by atoms with Crippen LogP contribution in [0.15, 0.2) is 10.5 Å². The number of halogens is 1. The van der Waals surface area contributed by atoms with Crippen LogP contribution in [-0.4, -0.2) is 23.3 Å². The van der Waals surface area contributed by atoms with Crippen molar-refractivity contribution in [2.45, 2.75) is 19.8 Å². The Labute approximate surface area is 102 Å². The number of aromatic hydroxyl groups is 1. The number of benzene rings is 1. The van der Waals surface area contributed by atoms with E-state index in [0.29, 0.717) is 11.3 Å². The predicted octanol–water partition coefficient (Wildman–Crippen LogP) is 2.49. The van der Waals surface area contributed by atoms with Crippen molar-refractivity contribution < 1.29 is 19.7 Å². The number of methoxy groups -OCH3 is 1. The van der Waals surface area contributed by atoms with Gasteiger partial charge in [-0.15, -0.1) is 0 Å². The van der Waals surface area contributed by atoms with Crippen LogP contribution in [0.25, 0.3) is 0 Å². The van der Waals surface area contributed by atoms with E-state index in [1.807, 2.05) is 6.92 Å². The van der Waals surface area contributed by atoms with Crippen molar-refractivity contribution in [2.24, 2.45) is 0 Å². The van der Waals surface area contributed by atoms with Gasteiger partial charge in [0.05, 0.1) is 7.11 Å². The summed E-state index contributed by atoms with van der Waals surface area (Å²) in [6.45, 7) is 1.81. The fraction of sp³-hybridized carbons (Fsp3) is 0.364. The highest BCUT2D eigenvalue weighted by molar-refractivity contribution is 9.10. The maximum absolute atomic E-state index is 10.5. The maximum atomic E-state index is 10.5. The SMILES string of the molecule is COc1c(C)c(Br)cc(CCC(=O)O)c1O. The molecule has 0 bridgehead atoms. The lowest BCUT2D eigenvalue weighted by Crippen LogP contribution is -1.99. The monoisotopic (exact) mass is 288 g/mol. The van der Waals surface area contributed by atoms with Crippen molar-refractivity contribution in [3.63, 3.8) is 0 Å². The van der Waals surface area contributed by atoms with E-state index in [0.717, 1.165) is 10.0 Å². The molecule has 88 valence electrons. The summed E-state index contributed by atoms with van der Waals surface area (Å²) < 4.78 is 5.87. The lowest BCUT2D eigenvalue weighted by Gasteiger charge is -2.12. The van der Waals surface area contributed by atoms with E-state index in [1.165, 1.54) is 7.11 Å². The highest BCUT2D eigenvalue weighted by atomic mass is 79.9. The van der Waals surface area contributed by atoms with Gasteiger partial charge in [0.15, 0.2) is 11.5 Å². The lowest BCUT2D eigenvalue weighted by molar-refractivity contribution is -0.136. The molecular weight excluding hydrogens is 276 g/mol. The van der Waals surface area contributed by atoms with Gasteiger partial charge in [-0.2, -0.15) is 0 Å². The smallest absolute Gasteiger partial charge is 0.303 e. The minimum atomic E-state index is -0.893. The molecule has 0 unspecified atom stereocenters. The summed E-state index contributed by atoms with van der Waals surface area (Å²) in [6, 6.07) is 1.72. The molecule has 2 N–H and O–H groups in total. The van der Waals surface area contributed by atoms with Gasteiger partial charge in [-0.25, -0.2) is 0 Å². The largest absolute Gasteiger partial charge is 0.504 e. The zero-order valence-corrected chi connectivity index (χ0v) is 10.7. The highest BCUT2D eigenvalue weighted by Gasteiger charge is 2.14. The Hall–Kier alpha value is -1.23. The molecule has 1 aromatic rings. The summed E-state index contributed by atoms with van der Waals surface area (Å²) in [6.07, 6.45) is 0.253. The quantitative estimate of drug-likeness (QED) is 0.893. The van der Waals surface area contributed by atoms with Crippen LogP contribution < -0.4 is 4.74 Å². The Kier molecular flexibility index (Phi) is 4.18. The number of aliphatic carboxylic acids is 1. The van der Waals surface area contributed by atoms with Crippen LogP contribution in [0.5, 0.6) is 11.5 Å². The zero-order valence-electron chi connectivity index (χ0n) is 9.08. The van der Waals surface area contributed by atoms with Gasteiger partial charge in [0.25, 0.3) is 0 Å². The van der Waals surface area contributed by atoms with Crippen molar-refractivity contribution in [1.29, 1.82) is 0 Å². The van der Waals surface area contributed by atoms with E-state index in [1.54, 1.807) is 6.07 Å². The van der Waals surface area contributed by atoms with Crippen LogP contribution in [0.3, 0.4) is 0 Å². The summed E-state index contributed by atoms with van der Waals surface area (Å²) in [7, 11) is 1.47. The van der Waals surface area contributed by atoms with Gasteiger partial charge in [-0.1, -0.05) is 15.9 Å². The number of hydrogen-bond acceptors (Lipinski definition) is 3. The Morgan fingerprint density at radius 1 is 1.56 bits per heavy atom. The minimum absolute atomic E-state index is 0.0180. The van der Waals surface area contributed by atoms with Crippen molar-refractivity contribution in [3.05, 3.63) is 21.7 Å². The van der Waals surface area contributed by atoms with E-state index in [-0.39, 0.29) is 18.6 Å². The number of carbonyl (C=O) groups is 1. The fourth-order valence-electron chi connectivity index (χ4n) is 1.44. The van der Waals surface area contributed by atoms with Gasteiger partial charge >= 0.3 is 5.97 Å². The van der Waals surface area contributed by atoms with E-state index in [9.17, 15) is 9.90 Å². The summed E-state index contributed by atoms with van der Waals surface area (Å²) >= 11 is 3.34. The molecule has 0 aliphatic heterocycles. The van der Waals surface area contributed by atoms with Crippen LogP contribution in [0, 0.1) is 6.92 Å². The third-order valence-corrected chi connectivity index (χ3v) is 3.16. The summed E-state index contributed by atoms with van der Waals surface area (Å²) in [5.74, 6) is -0.491. The predicted molar refractivity (Wildman–Crippen MR) is 63.1 cm³/mol. The lowest BCUT2D eigenvalue weighted by atomic mass is 10.1. The molecular formula is C11H13BrO4. The number of rotatable bonds is 4. The van der Waals surface area contributed by atoms with Crippen molar-refractivity contribution >= 4 is 21.9 Å². The average Bonchev–Trinajstić information content (AvgIpc) is 2.22. The van der Waals surface area contributed by atoms with Gasteiger partial charge in [0, 0.05) is 16.5 Å². The number of phenolic OH excluding ortho intramolecular Hbond substituents is 1. The Balaban J connectivity index is 3.10. The van der Waals surface area contributed by atoms with Crippen LogP contribution in [-0.2, 0) is 11.2 Å². The molecule has 1 aromatic carbocycles. The first-order chi connectivity index (χ1) is 7.47. The second-order valence-electron chi connectivity index (χ2n) is 3.42. The standard InChI is InChI=1S/C11H13BrO4/c1-6-8(12)5-7(3-4-9(13)14)10(15)11(6)16-2/h5,15H,3-4H2,1-2H3,(H,13,14). The van der Waals surface area contributed by atoms with E-state index >= 15 is 0 Å². The molecule has 0 saturated carbocycles. The first-order valence-corrected chi connectivity index (χ1v) is 5.53. The average molecular weight is 289 g/mol. The molecule has 16 heavy (non-hydrogen) atoms. The van der Waals surface area contributed by atoms with Crippen LogP contribution in [0.1, 0.15) is 17.5 Å². The topological polar surface area (TPSA) is 66.8 Å². The van der Waals surface area contributed by atoms with Crippen molar-refractivity contribution in [3.8, 4) is 11.5 Å². The molecule has 0 radical (unpaired) electrons. The number of carboxylic acids is 1. The third-order valence-electron chi connectivity index (χ3n) is 2.33. The molecule has 0 aliphatic rings. The third kappa shape index (κ3) is 2.66. The number of aryl methyl sites for hydroxylation is 1. The number of hydrogen-bond donors (Lipinski definition) is 2. The van der Waals surface area contributed by atoms with Crippen molar-refractivity contribution in [1.82, 2.24) is 0 Å². The van der Waals surface area contributed by atoms with Gasteiger partial charge in [-0.3, -0.25) is 4.79 Å². The van der Waals surface area contributed by atoms with Crippen LogP contribution >= 0.6 is 15.9 Å². The van der Waals surface area contributed by atoms with Crippen molar-refractivity contribution in [2.75, 3.05) is 7.11 Å². The second-order valence-corrected chi connectivity index (χ2v) is 4.27.